The summed E-state index contributed by atoms with van der Waals surface area (Å²) in [7, 11) is 0. The zero-order valence-corrected chi connectivity index (χ0v) is 17.9. The molecule has 2 atom stereocenters. The van der Waals surface area contributed by atoms with E-state index in [2.05, 4.69) is 36.6 Å². The molecule has 2 aromatic heterocycles. The number of hydrogen-bond donors (Lipinski definition) is 2. The second kappa shape index (κ2) is 8.00. The van der Waals surface area contributed by atoms with Gasteiger partial charge >= 0.3 is 12.3 Å². The van der Waals surface area contributed by atoms with Crippen molar-refractivity contribution in [1.82, 2.24) is 19.9 Å². The van der Waals surface area contributed by atoms with Gasteiger partial charge in [0.15, 0.2) is 11.3 Å². The Morgan fingerprint density at radius 3 is 2.59 bits per heavy atom. The molecule has 1 amide bonds. The topological polar surface area (TPSA) is 80.5 Å². The van der Waals surface area contributed by atoms with Gasteiger partial charge in [-0.25, -0.2) is 9.78 Å². The third-order valence-corrected chi connectivity index (χ3v) is 4.82. The van der Waals surface area contributed by atoms with Crippen LogP contribution in [0, 0.1) is 0 Å². The van der Waals surface area contributed by atoms with E-state index in [4.69, 9.17) is 4.74 Å². The second-order valence-electron chi connectivity index (χ2n) is 8.11. The van der Waals surface area contributed by atoms with Crippen LogP contribution < -0.4 is 10.6 Å². The Bertz CT molecular complexity index is 894. The molecule has 0 unspecified atom stereocenters. The number of alkyl carbamates (subject to hydrolysis) is 1. The maximum absolute atomic E-state index is 13.2. The number of rotatable bonds is 3. The molecule has 1 aliphatic carbocycles. The van der Waals surface area contributed by atoms with E-state index in [0.29, 0.717) is 11.0 Å². The highest BCUT2D eigenvalue weighted by Crippen LogP contribution is 2.31. The first-order chi connectivity index (χ1) is 13.4. The van der Waals surface area contributed by atoms with Crippen LogP contribution in [0.4, 0.5) is 23.8 Å². The molecule has 0 spiro atoms. The Morgan fingerprint density at radius 2 is 1.93 bits per heavy atom. The van der Waals surface area contributed by atoms with Crippen LogP contribution in [0.3, 0.4) is 0 Å². The lowest BCUT2D eigenvalue weighted by atomic mass is 9.91. The molecule has 2 aromatic rings. The van der Waals surface area contributed by atoms with E-state index in [1.165, 1.54) is 10.6 Å². The van der Waals surface area contributed by atoms with Gasteiger partial charge in [0.05, 0.1) is 0 Å². The van der Waals surface area contributed by atoms with E-state index < -0.39 is 23.6 Å². The molecule has 7 nitrogen and oxygen atoms in total. The Hall–Kier alpha value is -2.04. The monoisotopic (exact) mass is 477 g/mol. The lowest BCUT2D eigenvalue weighted by molar-refractivity contribution is -0.141. The van der Waals surface area contributed by atoms with Gasteiger partial charge in [-0.2, -0.15) is 22.8 Å². The number of fused-ring (bicyclic) bond motifs is 1. The van der Waals surface area contributed by atoms with Crippen molar-refractivity contribution in [2.24, 2.45) is 0 Å². The molecular weight excluding hydrogens is 455 g/mol. The maximum atomic E-state index is 13.2. The van der Waals surface area contributed by atoms with Gasteiger partial charge in [0.2, 0.25) is 0 Å². The third-order valence-electron chi connectivity index (χ3n) is 4.43. The molecule has 1 saturated carbocycles. The van der Waals surface area contributed by atoms with Crippen LogP contribution in [0.25, 0.3) is 5.65 Å². The quantitative estimate of drug-likeness (QED) is 0.665. The van der Waals surface area contributed by atoms with E-state index in [0.717, 1.165) is 25.3 Å². The van der Waals surface area contributed by atoms with Crippen LogP contribution in [-0.2, 0) is 10.9 Å². The molecule has 1 aliphatic rings. The first-order valence-electron chi connectivity index (χ1n) is 9.30. The molecular formula is C18H23BrF3N5O2. The molecule has 160 valence electrons. The zero-order valence-electron chi connectivity index (χ0n) is 16.3. The summed E-state index contributed by atoms with van der Waals surface area (Å²) in [6.07, 6.45) is -2.13. The molecule has 0 aliphatic heterocycles. The van der Waals surface area contributed by atoms with Crippen LogP contribution in [0.15, 0.2) is 16.7 Å². The number of alkyl halides is 3. The highest BCUT2D eigenvalue weighted by atomic mass is 79.9. The lowest BCUT2D eigenvalue weighted by Crippen LogP contribution is -2.44. The van der Waals surface area contributed by atoms with Crippen molar-refractivity contribution in [3.63, 3.8) is 0 Å². The van der Waals surface area contributed by atoms with Gasteiger partial charge in [0, 0.05) is 24.2 Å². The Morgan fingerprint density at radius 1 is 1.24 bits per heavy atom. The number of aromatic nitrogens is 3. The normalized spacial score (nSPS) is 20.5. The van der Waals surface area contributed by atoms with Crippen molar-refractivity contribution in [3.8, 4) is 0 Å². The maximum Gasteiger partial charge on any atom is 0.433 e. The molecule has 29 heavy (non-hydrogen) atoms. The van der Waals surface area contributed by atoms with Crippen molar-refractivity contribution in [2.45, 2.75) is 70.3 Å². The largest absolute Gasteiger partial charge is 0.444 e. The zero-order chi connectivity index (χ0) is 21.4. The number of carbonyl (C=O) groups is 1. The molecule has 0 radical (unpaired) electrons. The van der Waals surface area contributed by atoms with Gasteiger partial charge in [-0.15, -0.1) is 0 Å². The van der Waals surface area contributed by atoms with Crippen molar-refractivity contribution in [1.29, 1.82) is 0 Å². The van der Waals surface area contributed by atoms with E-state index in [9.17, 15) is 18.0 Å². The highest BCUT2D eigenvalue weighted by molar-refractivity contribution is 9.10. The predicted octanol–water partition coefficient (Wildman–Crippen LogP) is 4.76. The van der Waals surface area contributed by atoms with E-state index in [1.807, 2.05) is 0 Å². The first-order valence-corrected chi connectivity index (χ1v) is 10.1. The standard InChI is InChI=1S/C18H23BrF3N5O2/c1-17(2,3)29-16(28)24-11-6-4-5-10(7-11)23-14-8-12(18(20,21)22)25-15-9-13(19)26-27(14)15/h8-11,23H,4-7H2,1-3H3,(H,24,28)/t10-,11+/m0/s1. The number of amides is 1. The number of ether oxygens (including phenoxy) is 1. The molecule has 2 N–H and O–H groups in total. The van der Waals surface area contributed by atoms with Crippen molar-refractivity contribution in [2.75, 3.05) is 5.32 Å². The molecule has 0 saturated heterocycles. The minimum Gasteiger partial charge on any atom is -0.444 e. The van der Waals surface area contributed by atoms with Crippen LogP contribution in [0.1, 0.15) is 52.1 Å². The number of anilines is 1. The lowest BCUT2D eigenvalue weighted by Gasteiger charge is -2.31. The summed E-state index contributed by atoms with van der Waals surface area (Å²) in [4.78, 5) is 15.7. The Kier molecular flexibility index (Phi) is 5.98. The fourth-order valence-electron chi connectivity index (χ4n) is 3.33. The summed E-state index contributed by atoms with van der Waals surface area (Å²) in [5.41, 5.74) is -1.49. The van der Waals surface area contributed by atoms with Gasteiger partial charge in [-0.3, -0.25) is 0 Å². The number of halogens is 4. The van der Waals surface area contributed by atoms with Gasteiger partial charge < -0.3 is 15.4 Å². The number of nitrogens with one attached hydrogen (secondary N) is 2. The minimum atomic E-state index is -4.57. The molecule has 2 heterocycles. The minimum absolute atomic E-state index is 0.0911. The smallest absolute Gasteiger partial charge is 0.433 e. The summed E-state index contributed by atoms with van der Waals surface area (Å²) in [5, 5.41) is 10.2. The Balaban J connectivity index is 1.75. The summed E-state index contributed by atoms with van der Waals surface area (Å²) in [5.74, 6) is 0.205. The van der Waals surface area contributed by atoms with Crippen LogP contribution in [-0.4, -0.2) is 38.4 Å². The van der Waals surface area contributed by atoms with Crippen molar-refractivity contribution < 1.29 is 22.7 Å². The van der Waals surface area contributed by atoms with Crippen LogP contribution >= 0.6 is 15.9 Å². The fourth-order valence-corrected chi connectivity index (χ4v) is 3.69. The summed E-state index contributed by atoms with van der Waals surface area (Å²) < 4.78 is 46.7. The number of nitrogens with zero attached hydrogens (tertiary/aromatic N) is 3. The number of carbonyl (C=O) groups excluding carboxylic acids is 1. The third kappa shape index (κ3) is 5.74. The SMILES string of the molecule is CC(C)(C)OC(=O)N[C@@H]1CCC[C@H](Nc2cc(C(F)(F)F)nc3cc(Br)nn23)C1. The van der Waals surface area contributed by atoms with E-state index >= 15 is 0 Å². The van der Waals surface area contributed by atoms with Crippen LogP contribution in [0.2, 0.25) is 0 Å². The predicted molar refractivity (Wildman–Crippen MR) is 105 cm³/mol. The molecule has 11 heteroatoms. The Labute approximate surface area is 174 Å². The van der Waals surface area contributed by atoms with Crippen molar-refractivity contribution >= 4 is 33.5 Å². The van der Waals surface area contributed by atoms with Gasteiger partial charge in [0.1, 0.15) is 16.0 Å². The van der Waals surface area contributed by atoms with Gasteiger partial charge in [-0.05, 0) is 62.4 Å². The average Bonchev–Trinajstić information content (AvgIpc) is 2.93. The summed E-state index contributed by atoms with van der Waals surface area (Å²) in [6.45, 7) is 5.35. The molecule has 1 fully saturated rings. The number of hydrogen-bond acceptors (Lipinski definition) is 5. The van der Waals surface area contributed by atoms with Crippen LogP contribution in [0.5, 0.6) is 0 Å². The average molecular weight is 478 g/mol. The summed E-state index contributed by atoms with van der Waals surface area (Å²) >= 11 is 3.18. The fraction of sp³-hybridized carbons (Fsp3) is 0.611. The van der Waals surface area contributed by atoms with E-state index in [-0.39, 0.29) is 23.5 Å². The molecule has 0 bridgehead atoms. The van der Waals surface area contributed by atoms with Gasteiger partial charge in [-0.1, -0.05) is 0 Å². The van der Waals surface area contributed by atoms with Crippen molar-refractivity contribution in [3.05, 3.63) is 22.4 Å². The van der Waals surface area contributed by atoms with E-state index in [1.54, 1.807) is 20.8 Å². The van der Waals surface area contributed by atoms with Gasteiger partial charge in [0.25, 0.3) is 0 Å². The summed E-state index contributed by atoms with van der Waals surface area (Å²) in [6, 6.07) is 2.13. The molecule has 0 aromatic carbocycles. The first kappa shape index (κ1) is 21.7. The highest BCUT2D eigenvalue weighted by Gasteiger charge is 2.34. The second-order valence-corrected chi connectivity index (χ2v) is 8.92. The molecule has 3 rings (SSSR count).